The van der Waals surface area contributed by atoms with E-state index in [-0.39, 0.29) is 10.6 Å². The molecule has 1 atom stereocenters. The molecule has 0 aromatic heterocycles. The fourth-order valence-corrected chi connectivity index (χ4v) is 3.02. The van der Waals surface area contributed by atoms with Gasteiger partial charge >= 0.3 is 0 Å². The average Bonchev–Trinajstić information content (AvgIpc) is 2.41. The third-order valence-electron chi connectivity index (χ3n) is 3.64. The fraction of sp³-hybridized carbons (Fsp3) is 0.538. The van der Waals surface area contributed by atoms with Crippen LogP contribution in [-0.2, 0) is 6.54 Å². The molecule has 0 radical (unpaired) electrons. The Morgan fingerprint density at radius 2 is 2.26 bits per heavy atom. The molecule has 1 saturated heterocycles. The summed E-state index contributed by atoms with van der Waals surface area (Å²) in [5.74, 6) is 0. The number of rotatable bonds is 4. The van der Waals surface area contributed by atoms with Crippen LogP contribution in [0.15, 0.2) is 22.7 Å². The first-order chi connectivity index (χ1) is 9.11. The van der Waals surface area contributed by atoms with E-state index in [4.69, 9.17) is 5.73 Å². The summed E-state index contributed by atoms with van der Waals surface area (Å²) in [7, 11) is 0. The first-order valence-corrected chi connectivity index (χ1v) is 7.28. The van der Waals surface area contributed by atoms with E-state index >= 15 is 0 Å². The molecule has 0 spiro atoms. The molecule has 6 heteroatoms. The minimum absolute atomic E-state index is 0.115. The topological polar surface area (TPSA) is 72.4 Å². The summed E-state index contributed by atoms with van der Waals surface area (Å²) < 4.78 is 0.794. The van der Waals surface area contributed by atoms with Crippen LogP contribution >= 0.6 is 15.9 Å². The molecule has 19 heavy (non-hydrogen) atoms. The second-order valence-corrected chi connectivity index (χ2v) is 5.74. The Labute approximate surface area is 121 Å². The second-order valence-electron chi connectivity index (χ2n) is 4.89. The standard InChI is InChI=1S/C13H18BrN3O2/c14-13-7-11(17(18)19)5-4-10(13)9-16-6-2-1-3-12(16)8-15/h4-5,7,12H,1-3,6,8-9,15H2. The van der Waals surface area contributed by atoms with Crippen molar-refractivity contribution in [1.29, 1.82) is 0 Å². The number of hydrogen-bond acceptors (Lipinski definition) is 4. The zero-order valence-corrected chi connectivity index (χ0v) is 12.3. The minimum atomic E-state index is -0.377. The van der Waals surface area contributed by atoms with Gasteiger partial charge in [-0.2, -0.15) is 0 Å². The second kappa shape index (κ2) is 6.45. The van der Waals surface area contributed by atoms with E-state index in [1.807, 2.05) is 6.07 Å². The van der Waals surface area contributed by atoms with Crippen molar-refractivity contribution in [1.82, 2.24) is 4.90 Å². The van der Waals surface area contributed by atoms with Crippen LogP contribution in [0, 0.1) is 10.1 Å². The lowest BCUT2D eigenvalue weighted by molar-refractivity contribution is -0.384. The minimum Gasteiger partial charge on any atom is -0.329 e. The molecule has 2 N–H and O–H groups in total. The summed E-state index contributed by atoms with van der Waals surface area (Å²) in [6.07, 6.45) is 3.57. The van der Waals surface area contributed by atoms with E-state index in [0.717, 1.165) is 29.5 Å². The van der Waals surface area contributed by atoms with Crippen molar-refractivity contribution in [3.8, 4) is 0 Å². The Kier molecular flexibility index (Phi) is 4.90. The van der Waals surface area contributed by atoms with E-state index in [1.165, 1.54) is 12.8 Å². The molecule has 1 aliphatic heterocycles. The van der Waals surface area contributed by atoms with Crippen molar-refractivity contribution in [3.05, 3.63) is 38.3 Å². The molecule has 1 unspecified atom stereocenters. The number of likely N-dealkylation sites (tertiary alicyclic amines) is 1. The Bertz CT molecular complexity index is 467. The van der Waals surface area contributed by atoms with Crippen molar-refractivity contribution in [3.63, 3.8) is 0 Å². The van der Waals surface area contributed by atoms with Gasteiger partial charge in [0.15, 0.2) is 0 Å². The molecular formula is C13H18BrN3O2. The van der Waals surface area contributed by atoms with Gasteiger partial charge in [0.2, 0.25) is 0 Å². The predicted molar refractivity (Wildman–Crippen MR) is 77.9 cm³/mol. The van der Waals surface area contributed by atoms with Gasteiger partial charge in [0.1, 0.15) is 0 Å². The number of nitrogens with zero attached hydrogens (tertiary/aromatic N) is 2. The van der Waals surface area contributed by atoms with Gasteiger partial charge in [0.25, 0.3) is 5.69 Å². The zero-order chi connectivity index (χ0) is 13.8. The maximum absolute atomic E-state index is 10.7. The van der Waals surface area contributed by atoms with Crippen LogP contribution in [0.4, 0.5) is 5.69 Å². The van der Waals surface area contributed by atoms with Crippen molar-refractivity contribution in [2.24, 2.45) is 5.73 Å². The van der Waals surface area contributed by atoms with Crippen LogP contribution in [0.2, 0.25) is 0 Å². The van der Waals surface area contributed by atoms with Crippen LogP contribution in [0.1, 0.15) is 24.8 Å². The predicted octanol–water partition coefficient (Wildman–Crippen LogP) is 2.67. The highest BCUT2D eigenvalue weighted by molar-refractivity contribution is 9.10. The van der Waals surface area contributed by atoms with Crippen LogP contribution in [-0.4, -0.2) is 29.0 Å². The van der Waals surface area contributed by atoms with Crippen molar-refractivity contribution in [2.75, 3.05) is 13.1 Å². The van der Waals surface area contributed by atoms with E-state index in [1.54, 1.807) is 12.1 Å². The van der Waals surface area contributed by atoms with Gasteiger partial charge in [-0.25, -0.2) is 0 Å². The fourth-order valence-electron chi connectivity index (χ4n) is 2.53. The van der Waals surface area contributed by atoms with E-state index in [9.17, 15) is 10.1 Å². The molecule has 0 aliphatic carbocycles. The molecule has 1 aromatic carbocycles. The Morgan fingerprint density at radius 1 is 1.47 bits per heavy atom. The van der Waals surface area contributed by atoms with Gasteiger partial charge in [-0.1, -0.05) is 22.4 Å². The summed E-state index contributed by atoms with van der Waals surface area (Å²) in [6.45, 7) is 2.51. The number of non-ortho nitro benzene ring substituents is 1. The highest BCUT2D eigenvalue weighted by Gasteiger charge is 2.22. The first kappa shape index (κ1) is 14.4. The molecule has 0 saturated carbocycles. The van der Waals surface area contributed by atoms with Gasteiger partial charge in [0.05, 0.1) is 4.92 Å². The maximum Gasteiger partial charge on any atom is 0.270 e. The van der Waals surface area contributed by atoms with Crippen LogP contribution in [0.3, 0.4) is 0 Å². The highest BCUT2D eigenvalue weighted by Crippen LogP contribution is 2.26. The summed E-state index contributed by atoms with van der Waals surface area (Å²) in [5, 5.41) is 10.7. The molecular weight excluding hydrogens is 310 g/mol. The van der Waals surface area contributed by atoms with E-state index in [0.29, 0.717) is 12.6 Å². The monoisotopic (exact) mass is 327 g/mol. The molecule has 2 rings (SSSR count). The SMILES string of the molecule is NCC1CCCCN1Cc1ccc([N+](=O)[O-])cc1Br. The molecule has 1 fully saturated rings. The molecule has 1 aromatic rings. The van der Waals surface area contributed by atoms with Crippen molar-refractivity contribution >= 4 is 21.6 Å². The number of benzene rings is 1. The average molecular weight is 328 g/mol. The molecule has 5 nitrogen and oxygen atoms in total. The summed E-state index contributed by atoms with van der Waals surface area (Å²) in [6, 6.07) is 5.37. The van der Waals surface area contributed by atoms with Gasteiger partial charge in [-0.15, -0.1) is 0 Å². The normalized spacial score (nSPS) is 20.4. The Morgan fingerprint density at radius 3 is 2.89 bits per heavy atom. The third-order valence-corrected chi connectivity index (χ3v) is 4.38. The zero-order valence-electron chi connectivity index (χ0n) is 10.7. The number of nitro groups is 1. The highest BCUT2D eigenvalue weighted by atomic mass is 79.9. The lowest BCUT2D eigenvalue weighted by Gasteiger charge is -2.35. The molecule has 1 heterocycles. The number of nitrogens with two attached hydrogens (primary N) is 1. The lowest BCUT2D eigenvalue weighted by Crippen LogP contribution is -2.43. The molecule has 0 bridgehead atoms. The number of hydrogen-bond donors (Lipinski definition) is 1. The first-order valence-electron chi connectivity index (χ1n) is 6.48. The largest absolute Gasteiger partial charge is 0.329 e. The quantitative estimate of drug-likeness (QED) is 0.681. The van der Waals surface area contributed by atoms with Crippen molar-refractivity contribution < 1.29 is 4.92 Å². The van der Waals surface area contributed by atoms with Gasteiger partial charge in [-0.3, -0.25) is 15.0 Å². The lowest BCUT2D eigenvalue weighted by atomic mass is 10.0. The smallest absolute Gasteiger partial charge is 0.270 e. The molecule has 1 aliphatic rings. The van der Waals surface area contributed by atoms with Gasteiger partial charge in [0, 0.05) is 35.7 Å². The molecule has 0 amide bonds. The molecule has 104 valence electrons. The Hall–Kier alpha value is -0.980. The van der Waals surface area contributed by atoms with E-state index in [2.05, 4.69) is 20.8 Å². The third kappa shape index (κ3) is 3.52. The summed E-state index contributed by atoms with van der Waals surface area (Å²) in [4.78, 5) is 12.7. The van der Waals surface area contributed by atoms with Crippen LogP contribution in [0.5, 0.6) is 0 Å². The summed E-state index contributed by atoms with van der Waals surface area (Å²) >= 11 is 3.42. The number of piperidine rings is 1. The summed E-state index contributed by atoms with van der Waals surface area (Å²) in [5.41, 5.74) is 7.00. The Balaban J connectivity index is 2.11. The van der Waals surface area contributed by atoms with E-state index < -0.39 is 0 Å². The number of nitro benzene ring substituents is 1. The van der Waals surface area contributed by atoms with Gasteiger partial charge < -0.3 is 5.73 Å². The van der Waals surface area contributed by atoms with Gasteiger partial charge in [-0.05, 0) is 31.0 Å². The number of halogens is 1. The van der Waals surface area contributed by atoms with Crippen molar-refractivity contribution in [2.45, 2.75) is 31.8 Å². The van der Waals surface area contributed by atoms with Crippen LogP contribution < -0.4 is 5.73 Å². The van der Waals surface area contributed by atoms with Crippen LogP contribution in [0.25, 0.3) is 0 Å². The maximum atomic E-state index is 10.7.